The Morgan fingerprint density at radius 2 is 1.73 bits per heavy atom. The maximum Gasteiger partial charge on any atom is 0.422 e. The molecule has 1 saturated heterocycles. The van der Waals surface area contributed by atoms with Crippen molar-refractivity contribution in [3.8, 4) is 5.75 Å². The van der Waals surface area contributed by atoms with Gasteiger partial charge in [0.2, 0.25) is 5.91 Å². The number of aliphatic hydroxyl groups is 1. The number of hydrogen-bond donors (Lipinski definition) is 1. The number of hydrogen-bond acceptors (Lipinski definition) is 4. The van der Waals surface area contributed by atoms with Crippen LogP contribution in [0.15, 0.2) is 24.3 Å². The Labute approximate surface area is 174 Å². The van der Waals surface area contributed by atoms with Gasteiger partial charge in [-0.05, 0) is 75.1 Å². The summed E-state index contributed by atoms with van der Waals surface area (Å²) in [5.41, 5.74) is -0.663. The van der Waals surface area contributed by atoms with Crippen LogP contribution in [0.4, 0.5) is 18.9 Å². The molecule has 1 spiro atoms. The van der Waals surface area contributed by atoms with E-state index in [0.717, 1.165) is 6.42 Å². The predicted molar refractivity (Wildman–Crippen MR) is 104 cm³/mol. The first kappa shape index (κ1) is 21.4. The van der Waals surface area contributed by atoms with E-state index in [-0.39, 0.29) is 11.7 Å². The highest BCUT2D eigenvalue weighted by atomic mass is 19.4. The smallest absolute Gasteiger partial charge is 0.422 e. The van der Waals surface area contributed by atoms with E-state index in [1.165, 1.54) is 25.0 Å². The molecule has 1 aromatic rings. The Hall–Kier alpha value is -1.80. The van der Waals surface area contributed by atoms with E-state index >= 15 is 0 Å². The normalized spacial score (nSPS) is 29.6. The second-order valence-electron chi connectivity index (χ2n) is 9.07. The van der Waals surface area contributed by atoms with Gasteiger partial charge in [-0.25, -0.2) is 0 Å². The molecule has 5 nitrogen and oxygen atoms in total. The third-order valence-corrected chi connectivity index (χ3v) is 6.62. The largest absolute Gasteiger partial charge is 0.484 e. The van der Waals surface area contributed by atoms with Gasteiger partial charge >= 0.3 is 6.18 Å². The molecule has 0 radical (unpaired) electrons. The zero-order chi connectivity index (χ0) is 21.4. The molecule has 3 fully saturated rings. The number of ether oxygens (including phenoxy) is 2. The number of amides is 1. The van der Waals surface area contributed by atoms with Gasteiger partial charge in [0.05, 0.1) is 17.6 Å². The lowest BCUT2D eigenvalue weighted by Crippen LogP contribution is -2.45. The summed E-state index contributed by atoms with van der Waals surface area (Å²) in [6.07, 6.45) is 1.08. The van der Waals surface area contributed by atoms with E-state index in [9.17, 15) is 23.1 Å². The summed E-state index contributed by atoms with van der Waals surface area (Å²) in [5.74, 6) is 0.803. The van der Waals surface area contributed by atoms with Crippen LogP contribution in [-0.4, -0.2) is 49.2 Å². The van der Waals surface area contributed by atoms with E-state index in [4.69, 9.17) is 9.47 Å². The molecule has 1 aliphatic heterocycles. The molecule has 166 valence electrons. The fraction of sp³-hybridized carbons (Fsp3) is 0.682. The first-order valence-corrected chi connectivity index (χ1v) is 10.6. The van der Waals surface area contributed by atoms with Gasteiger partial charge in [-0.1, -0.05) is 0 Å². The third kappa shape index (κ3) is 4.91. The number of benzene rings is 1. The van der Waals surface area contributed by atoms with Crippen molar-refractivity contribution in [1.29, 1.82) is 0 Å². The van der Waals surface area contributed by atoms with Crippen molar-refractivity contribution in [3.05, 3.63) is 24.3 Å². The average molecular weight is 427 g/mol. The van der Waals surface area contributed by atoms with Crippen molar-refractivity contribution in [2.24, 2.45) is 11.3 Å². The highest BCUT2D eigenvalue weighted by molar-refractivity contribution is 6.00. The van der Waals surface area contributed by atoms with Crippen molar-refractivity contribution in [2.45, 2.75) is 56.7 Å². The number of rotatable bonds is 7. The van der Waals surface area contributed by atoms with Crippen LogP contribution in [0.1, 0.15) is 44.9 Å². The predicted octanol–water partition coefficient (Wildman–Crippen LogP) is 4.08. The van der Waals surface area contributed by atoms with Crippen LogP contribution in [0, 0.1) is 11.3 Å². The van der Waals surface area contributed by atoms with Gasteiger partial charge in [-0.15, -0.1) is 0 Å². The monoisotopic (exact) mass is 427 g/mol. The summed E-state index contributed by atoms with van der Waals surface area (Å²) in [4.78, 5) is 14.9. The summed E-state index contributed by atoms with van der Waals surface area (Å²) in [6, 6.07) is 6.15. The fourth-order valence-corrected chi connectivity index (χ4v) is 4.46. The quantitative estimate of drug-likeness (QED) is 0.712. The number of anilines is 1. The van der Waals surface area contributed by atoms with Gasteiger partial charge < -0.3 is 19.5 Å². The van der Waals surface area contributed by atoms with Gasteiger partial charge in [0, 0.05) is 18.8 Å². The molecule has 4 rings (SSSR count). The molecule has 0 unspecified atom stereocenters. The van der Waals surface area contributed by atoms with Crippen LogP contribution in [0.25, 0.3) is 0 Å². The van der Waals surface area contributed by atoms with E-state index in [0.29, 0.717) is 57.0 Å². The molecule has 3 aliphatic rings. The van der Waals surface area contributed by atoms with Gasteiger partial charge in [-0.2, -0.15) is 13.2 Å². The second-order valence-corrected chi connectivity index (χ2v) is 9.07. The first-order chi connectivity index (χ1) is 14.2. The molecule has 2 aliphatic carbocycles. The standard InChI is InChI=1S/C22H28F3NO4/c23-22(24,25)15-30-18-5-3-17(4-6-18)26-12-11-20(19(26)27)7-9-21(28,10-8-20)14-29-13-16-1-2-16/h3-6,16,28H,1-2,7-15H2/t20-,21-. The van der Waals surface area contributed by atoms with Crippen LogP contribution in [-0.2, 0) is 9.53 Å². The van der Waals surface area contributed by atoms with Gasteiger partial charge in [0.1, 0.15) is 5.75 Å². The summed E-state index contributed by atoms with van der Waals surface area (Å²) in [7, 11) is 0. The van der Waals surface area contributed by atoms with Crippen molar-refractivity contribution < 1.29 is 32.5 Å². The SMILES string of the molecule is O=C1N(c2ccc(OCC(F)(F)F)cc2)CC[C@]12CC[C@](O)(COCC1CC1)CC2. The molecule has 2 saturated carbocycles. The number of nitrogens with zero attached hydrogens (tertiary/aromatic N) is 1. The first-order valence-electron chi connectivity index (χ1n) is 10.6. The molecule has 30 heavy (non-hydrogen) atoms. The summed E-state index contributed by atoms with van der Waals surface area (Å²) in [5, 5.41) is 10.8. The minimum atomic E-state index is -4.39. The number of halogens is 3. The fourth-order valence-electron chi connectivity index (χ4n) is 4.46. The summed E-state index contributed by atoms with van der Waals surface area (Å²) >= 11 is 0. The Kier molecular flexibility index (Phi) is 5.74. The molecule has 1 N–H and O–H groups in total. The van der Waals surface area contributed by atoms with Crippen molar-refractivity contribution in [1.82, 2.24) is 0 Å². The molecule has 0 bridgehead atoms. The van der Waals surface area contributed by atoms with E-state index in [2.05, 4.69) is 0 Å². The molecule has 0 atom stereocenters. The van der Waals surface area contributed by atoms with E-state index < -0.39 is 23.8 Å². The maximum absolute atomic E-state index is 13.2. The van der Waals surface area contributed by atoms with Crippen LogP contribution in [0.2, 0.25) is 0 Å². The van der Waals surface area contributed by atoms with E-state index in [1.807, 2.05) is 0 Å². The molecular weight excluding hydrogens is 399 g/mol. The molecular formula is C22H28F3NO4. The van der Waals surface area contributed by atoms with Crippen molar-refractivity contribution in [3.63, 3.8) is 0 Å². The Bertz CT molecular complexity index is 753. The zero-order valence-corrected chi connectivity index (χ0v) is 16.9. The molecule has 1 aromatic carbocycles. The van der Waals surface area contributed by atoms with Crippen LogP contribution < -0.4 is 9.64 Å². The topological polar surface area (TPSA) is 59.0 Å². The zero-order valence-electron chi connectivity index (χ0n) is 16.9. The van der Waals surface area contributed by atoms with Gasteiger partial charge in [-0.3, -0.25) is 4.79 Å². The molecule has 1 heterocycles. The maximum atomic E-state index is 13.2. The van der Waals surface area contributed by atoms with Crippen LogP contribution in [0.3, 0.4) is 0 Å². The Morgan fingerprint density at radius 3 is 2.33 bits per heavy atom. The van der Waals surface area contributed by atoms with Crippen LogP contribution in [0.5, 0.6) is 5.75 Å². The van der Waals surface area contributed by atoms with Gasteiger partial charge in [0.15, 0.2) is 6.61 Å². The highest BCUT2D eigenvalue weighted by Crippen LogP contribution is 2.48. The lowest BCUT2D eigenvalue weighted by molar-refractivity contribution is -0.153. The van der Waals surface area contributed by atoms with Gasteiger partial charge in [0.25, 0.3) is 0 Å². The molecule has 0 aromatic heterocycles. The average Bonchev–Trinajstić information content (AvgIpc) is 3.47. The van der Waals surface area contributed by atoms with E-state index in [1.54, 1.807) is 17.0 Å². The number of alkyl halides is 3. The minimum Gasteiger partial charge on any atom is -0.484 e. The second kappa shape index (κ2) is 8.04. The number of carbonyl (C=O) groups is 1. The minimum absolute atomic E-state index is 0.0346. The Balaban J connectivity index is 1.32. The number of carbonyl (C=O) groups excluding carboxylic acids is 1. The molecule has 8 heteroatoms. The lowest BCUT2D eigenvalue weighted by Gasteiger charge is -2.40. The summed E-state index contributed by atoms with van der Waals surface area (Å²) in [6.45, 7) is 0.267. The lowest BCUT2D eigenvalue weighted by atomic mass is 9.68. The van der Waals surface area contributed by atoms with Crippen molar-refractivity contribution in [2.75, 3.05) is 31.3 Å². The molecule has 1 amide bonds. The Morgan fingerprint density at radius 1 is 1.07 bits per heavy atom. The highest BCUT2D eigenvalue weighted by Gasteiger charge is 2.51. The van der Waals surface area contributed by atoms with Crippen molar-refractivity contribution >= 4 is 11.6 Å². The third-order valence-electron chi connectivity index (χ3n) is 6.62. The summed E-state index contributed by atoms with van der Waals surface area (Å²) < 4.78 is 47.3. The van der Waals surface area contributed by atoms with Crippen LogP contribution >= 0.6 is 0 Å².